The predicted octanol–water partition coefficient (Wildman–Crippen LogP) is 3.21. The fourth-order valence-electron chi connectivity index (χ4n) is 2.13. The molecule has 2 amide bonds. The summed E-state index contributed by atoms with van der Waals surface area (Å²) in [7, 11) is 0. The van der Waals surface area contributed by atoms with Crippen LogP contribution in [0.2, 0.25) is 0 Å². The van der Waals surface area contributed by atoms with Gasteiger partial charge >= 0.3 is 12.0 Å². The molecule has 0 heterocycles. The fourth-order valence-corrected chi connectivity index (χ4v) is 2.13. The number of carbonyl (C=O) groups is 2. The van der Waals surface area contributed by atoms with E-state index in [2.05, 4.69) is 10.6 Å². The molecule has 0 fully saturated rings. The lowest BCUT2D eigenvalue weighted by molar-refractivity contribution is -0.137. The molecule has 2 aromatic carbocycles. The normalized spacial score (nSPS) is 11.9. The number of urea groups is 1. The van der Waals surface area contributed by atoms with Crippen LogP contribution in [0.3, 0.4) is 0 Å². The van der Waals surface area contributed by atoms with Crippen LogP contribution < -0.4 is 10.6 Å². The van der Waals surface area contributed by atoms with Gasteiger partial charge in [0.2, 0.25) is 0 Å². The Bertz CT molecular complexity index is 655. The number of anilines is 1. The summed E-state index contributed by atoms with van der Waals surface area (Å²) in [5.41, 5.74) is 0.677. The molecule has 5 heteroatoms. The molecule has 0 saturated heterocycles. The van der Waals surface area contributed by atoms with Gasteiger partial charge in [0.1, 0.15) is 0 Å². The molecule has 0 saturated carbocycles. The first-order chi connectivity index (χ1) is 10.1. The van der Waals surface area contributed by atoms with Gasteiger partial charge in [0.05, 0.1) is 6.42 Å². The summed E-state index contributed by atoms with van der Waals surface area (Å²) in [4.78, 5) is 22.6. The Kier molecular flexibility index (Phi) is 4.77. The van der Waals surface area contributed by atoms with E-state index in [0.717, 1.165) is 10.8 Å². The number of hydrogen-bond acceptors (Lipinski definition) is 2. The van der Waals surface area contributed by atoms with Gasteiger partial charge in [-0.2, -0.15) is 0 Å². The fraction of sp³-hybridized carbons (Fsp3) is 0.250. The molecule has 0 aliphatic carbocycles. The summed E-state index contributed by atoms with van der Waals surface area (Å²) in [6, 6.07) is 12.7. The van der Waals surface area contributed by atoms with Gasteiger partial charge in [-0.05, 0) is 29.3 Å². The number of rotatable bonds is 5. The van der Waals surface area contributed by atoms with Crippen molar-refractivity contribution in [3.63, 3.8) is 0 Å². The Morgan fingerprint density at radius 1 is 1.14 bits per heavy atom. The largest absolute Gasteiger partial charge is 0.481 e. The van der Waals surface area contributed by atoms with Crippen molar-refractivity contribution < 1.29 is 14.7 Å². The van der Waals surface area contributed by atoms with Gasteiger partial charge in [-0.15, -0.1) is 0 Å². The molecular formula is C16H18N2O3. The Hall–Kier alpha value is -2.56. The molecule has 2 rings (SSSR count). The Morgan fingerprint density at radius 2 is 1.86 bits per heavy atom. The third-order valence-corrected chi connectivity index (χ3v) is 3.26. The minimum atomic E-state index is -0.923. The number of fused-ring (bicyclic) bond motifs is 1. The second-order valence-electron chi connectivity index (χ2n) is 4.86. The van der Waals surface area contributed by atoms with Crippen LogP contribution in [-0.2, 0) is 4.79 Å². The molecule has 1 atom stereocenters. The summed E-state index contributed by atoms with van der Waals surface area (Å²) in [5.74, 6) is -0.923. The van der Waals surface area contributed by atoms with E-state index in [1.54, 1.807) is 0 Å². The van der Waals surface area contributed by atoms with Crippen molar-refractivity contribution in [2.24, 2.45) is 0 Å². The van der Waals surface area contributed by atoms with E-state index in [0.29, 0.717) is 12.1 Å². The molecule has 21 heavy (non-hydrogen) atoms. The highest BCUT2D eigenvalue weighted by Crippen LogP contribution is 2.18. The number of benzene rings is 2. The van der Waals surface area contributed by atoms with E-state index in [4.69, 9.17) is 5.11 Å². The summed E-state index contributed by atoms with van der Waals surface area (Å²) in [5, 5.41) is 16.3. The lowest BCUT2D eigenvalue weighted by Crippen LogP contribution is -2.38. The van der Waals surface area contributed by atoms with Crippen LogP contribution in [0.25, 0.3) is 10.8 Å². The highest BCUT2D eigenvalue weighted by atomic mass is 16.4. The third kappa shape index (κ3) is 4.21. The van der Waals surface area contributed by atoms with Crippen LogP contribution in [0.1, 0.15) is 19.8 Å². The maximum absolute atomic E-state index is 11.9. The third-order valence-electron chi connectivity index (χ3n) is 3.26. The highest BCUT2D eigenvalue weighted by molar-refractivity contribution is 5.93. The standard InChI is InChI=1S/C16H18N2O3/c1-2-13(10-15(19)20)17-16(21)18-14-8-7-11-5-3-4-6-12(11)9-14/h3-9,13H,2,10H2,1H3,(H,19,20)(H2,17,18,21). The van der Waals surface area contributed by atoms with E-state index >= 15 is 0 Å². The zero-order valence-electron chi connectivity index (χ0n) is 11.8. The summed E-state index contributed by atoms with van der Waals surface area (Å²) in [6.07, 6.45) is 0.485. The quantitative estimate of drug-likeness (QED) is 0.789. The summed E-state index contributed by atoms with van der Waals surface area (Å²) >= 11 is 0. The van der Waals surface area contributed by atoms with E-state index in [9.17, 15) is 9.59 Å². The van der Waals surface area contributed by atoms with Crippen LogP contribution in [0, 0.1) is 0 Å². The van der Waals surface area contributed by atoms with Gasteiger partial charge in [-0.1, -0.05) is 37.3 Å². The average molecular weight is 286 g/mol. The Labute approximate surface area is 123 Å². The van der Waals surface area contributed by atoms with Crippen molar-refractivity contribution in [2.45, 2.75) is 25.8 Å². The zero-order valence-corrected chi connectivity index (χ0v) is 11.8. The maximum Gasteiger partial charge on any atom is 0.319 e. The minimum absolute atomic E-state index is 0.0817. The maximum atomic E-state index is 11.9. The summed E-state index contributed by atoms with van der Waals surface area (Å²) in [6.45, 7) is 1.84. The zero-order chi connectivity index (χ0) is 15.2. The predicted molar refractivity (Wildman–Crippen MR) is 82.4 cm³/mol. The number of amides is 2. The molecule has 0 radical (unpaired) electrons. The number of aliphatic carboxylic acids is 1. The number of hydrogen-bond donors (Lipinski definition) is 3. The molecule has 0 aromatic heterocycles. The molecule has 1 unspecified atom stereocenters. The van der Waals surface area contributed by atoms with Crippen LogP contribution in [0.4, 0.5) is 10.5 Å². The Morgan fingerprint density at radius 3 is 2.52 bits per heavy atom. The number of carboxylic acid groups (broad SMARTS) is 1. The molecular weight excluding hydrogens is 268 g/mol. The van der Waals surface area contributed by atoms with Crippen LogP contribution in [0.5, 0.6) is 0 Å². The second kappa shape index (κ2) is 6.74. The minimum Gasteiger partial charge on any atom is -0.481 e. The smallest absolute Gasteiger partial charge is 0.319 e. The van der Waals surface area contributed by atoms with E-state index < -0.39 is 12.0 Å². The van der Waals surface area contributed by atoms with E-state index in [1.165, 1.54) is 0 Å². The van der Waals surface area contributed by atoms with Crippen molar-refractivity contribution in [3.05, 3.63) is 42.5 Å². The Balaban J connectivity index is 2.02. The number of nitrogens with one attached hydrogen (secondary N) is 2. The van der Waals surface area contributed by atoms with Gasteiger partial charge in [0, 0.05) is 11.7 Å². The number of carboxylic acids is 1. The molecule has 5 nitrogen and oxygen atoms in total. The molecule has 110 valence electrons. The molecule has 0 spiro atoms. The first-order valence-electron chi connectivity index (χ1n) is 6.86. The van der Waals surface area contributed by atoms with Crippen molar-refractivity contribution in [3.8, 4) is 0 Å². The SMILES string of the molecule is CCC(CC(=O)O)NC(=O)Nc1ccc2ccccc2c1. The van der Waals surface area contributed by atoms with Gasteiger partial charge in [-0.3, -0.25) is 4.79 Å². The number of carbonyl (C=O) groups excluding carboxylic acids is 1. The van der Waals surface area contributed by atoms with E-state index in [1.807, 2.05) is 49.4 Å². The molecule has 0 aliphatic heterocycles. The summed E-state index contributed by atoms with van der Waals surface area (Å²) < 4.78 is 0. The monoisotopic (exact) mass is 286 g/mol. The van der Waals surface area contributed by atoms with E-state index in [-0.39, 0.29) is 12.5 Å². The van der Waals surface area contributed by atoms with Crippen LogP contribution in [-0.4, -0.2) is 23.1 Å². The first-order valence-corrected chi connectivity index (χ1v) is 6.86. The van der Waals surface area contributed by atoms with Crippen molar-refractivity contribution in [2.75, 3.05) is 5.32 Å². The van der Waals surface area contributed by atoms with Crippen molar-refractivity contribution in [1.29, 1.82) is 0 Å². The molecule has 3 N–H and O–H groups in total. The van der Waals surface area contributed by atoms with Gasteiger partial charge in [-0.25, -0.2) is 4.79 Å². The van der Waals surface area contributed by atoms with Crippen molar-refractivity contribution >= 4 is 28.5 Å². The average Bonchev–Trinajstić information content (AvgIpc) is 2.45. The topological polar surface area (TPSA) is 78.4 Å². The van der Waals surface area contributed by atoms with Crippen LogP contribution in [0.15, 0.2) is 42.5 Å². The van der Waals surface area contributed by atoms with Gasteiger partial charge in [0.15, 0.2) is 0 Å². The lowest BCUT2D eigenvalue weighted by atomic mass is 10.1. The molecule has 0 bridgehead atoms. The van der Waals surface area contributed by atoms with Crippen LogP contribution >= 0.6 is 0 Å². The van der Waals surface area contributed by atoms with Gasteiger partial charge in [0.25, 0.3) is 0 Å². The first kappa shape index (κ1) is 14.8. The highest BCUT2D eigenvalue weighted by Gasteiger charge is 2.13. The lowest BCUT2D eigenvalue weighted by Gasteiger charge is -2.15. The molecule has 2 aromatic rings. The molecule has 0 aliphatic rings. The van der Waals surface area contributed by atoms with Gasteiger partial charge < -0.3 is 15.7 Å². The van der Waals surface area contributed by atoms with Crippen molar-refractivity contribution in [1.82, 2.24) is 5.32 Å². The second-order valence-corrected chi connectivity index (χ2v) is 4.86.